The van der Waals surface area contributed by atoms with E-state index in [-0.39, 0.29) is 82.1 Å². The summed E-state index contributed by atoms with van der Waals surface area (Å²) in [5, 5.41) is 8.07. The van der Waals surface area contributed by atoms with E-state index in [0.717, 1.165) is 12.8 Å². The van der Waals surface area contributed by atoms with E-state index in [1.807, 2.05) is 0 Å². The predicted molar refractivity (Wildman–Crippen MR) is 32.3 cm³/mol. The van der Waals surface area contributed by atoms with Gasteiger partial charge in [-0.3, -0.25) is 0 Å². The maximum Gasteiger partial charge on any atom is 0.0430 e. The van der Waals surface area contributed by atoms with Crippen LogP contribution in [0, 0.1) is 0 Å². The molecule has 0 aliphatic carbocycles. The molecule has 0 rings (SSSR count). The second kappa shape index (κ2) is 31.2. The Bertz CT molecular complexity index is 23.3. The first-order chi connectivity index (χ1) is 2.41. The number of aliphatic hydroxyl groups is 1. The molecule has 0 saturated heterocycles. The molecule has 5 heteroatoms. The van der Waals surface area contributed by atoms with Crippen LogP contribution in [0.5, 0.6) is 0 Å². The molecule has 9 heavy (non-hydrogen) atoms. The summed E-state index contributed by atoms with van der Waals surface area (Å²) in [5.74, 6) is 0. The summed E-state index contributed by atoms with van der Waals surface area (Å²) >= 11 is 0. The summed E-state index contributed by atoms with van der Waals surface area (Å²) in [5.41, 5.74) is 0. The van der Waals surface area contributed by atoms with Crippen molar-refractivity contribution in [2.24, 2.45) is 0 Å². The van der Waals surface area contributed by atoms with Gasteiger partial charge < -0.3 is 5.11 Å². The van der Waals surface area contributed by atoms with Crippen LogP contribution in [0.25, 0.3) is 0 Å². The van der Waals surface area contributed by atoms with Gasteiger partial charge in [-0.1, -0.05) is 13.3 Å². The van der Waals surface area contributed by atoms with Gasteiger partial charge in [0.1, 0.15) is 0 Å². The van der Waals surface area contributed by atoms with Crippen LogP contribution in [-0.4, -0.2) is 11.7 Å². The molecular formula is C4H11BrOTi3. The first kappa shape index (κ1) is 29.9. The van der Waals surface area contributed by atoms with Gasteiger partial charge >= 0.3 is 0 Å². The molecule has 0 heterocycles. The van der Waals surface area contributed by atoms with Crippen molar-refractivity contribution < 1.29 is 70.3 Å². The molecule has 0 amide bonds. The molecular weight excluding hydrogens is 288 g/mol. The Labute approximate surface area is 112 Å². The average molecular weight is 299 g/mol. The Hall–Kier alpha value is 2.58. The standard InChI is InChI=1S/C4H10O.BrH.3Ti/c1-2-3-4-5;;;;/h5H,2-4H2,1H3;1H;;;. The molecule has 0 aliphatic heterocycles. The van der Waals surface area contributed by atoms with E-state index in [9.17, 15) is 0 Å². The maximum absolute atomic E-state index is 8.07. The van der Waals surface area contributed by atoms with Crippen LogP contribution in [0.15, 0.2) is 0 Å². The quantitative estimate of drug-likeness (QED) is 0.763. The largest absolute Gasteiger partial charge is 0.396 e. The summed E-state index contributed by atoms with van der Waals surface area (Å²) in [6.45, 7) is 2.40. The van der Waals surface area contributed by atoms with Crippen LogP contribution in [0.4, 0.5) is 0 Å². The third kappa shape index (κ3) is 37.1. The molecule has 0 atom stereocenters. The van der Waals surface area contributed by atoms with Gasteiger partial charge in [0.05, 0.1) is 0 Å². The Morgan fingerprint density at radius 1 is 1.11 bits per heavy atom. The Kier molecular flexibility index (Phi) is 104. The summed E-state index contributed by atoms with van der Waals surface area (Å²) in [6, 6.07) is 0. The van der Waals surface area contributed by atoms with E-state index >= 15 is 0 Å². The molecule has 0 aromatic carbocycles. The minimum absolute atomic E-state index is 0. The van der Waals surface area contributed by atoms with E-state index in [2.05, 4.69) is 6.92 Å². The van der Waals surface area contributed by atoms with Crippen LogP contribution in [-0.2, 0) is 65.2 Å². The molecule has 0 unspecified atom stereocenters. The van der Waals surface area contributed by atoms with E-state index in [1.165, 1.54) is 0 Å². The first-order valence-electron chi connectivity index (χ1n) is 2.02. The predicted octanol–water partition coefficient (Wildman–Crippen LogP) is 1.35. The molecule has 0 aliphatic rings. The molecule has 0 spiro atoms. The monoisotopic (exact) mass is 298 g/mol. The molecule has 0 bridgehead atoms. The average Bonchev–Trinajstić information content (AvgIpc) is 1.41. The summed E-state index contributed by atoms with van der Waals surface area (Å²) in [6.07, 6.45) is 2.04. The Balaban J connectivity index is -0.0000000133. The van der Waals surface area contributed by atoms with Crippen LogP contribution in [0.3, 0.4) is 0 Å². The van der Waals surface area contributed by atoms with Crippen molar-refractivity contribution in [2.45, 2.75) is 19.8 Å². The van der Waals surface area contributed by atoms with Gasteiger partial charge in [-0.15, -0.1) is 17.0 Å². The molecule has 1 nitrogen and oxygen atoms in total. The number of rotatable bonds is 2. The number of hydrogen-bond donors (Lipinski definition) is 1. The summed E-state index contributed by atoms with van der Waals surface area (Å²) in [4.78, 5) is 0. The second-order valence-electron chi connectivity index (χ2n) is 1.08. The zero-order valence-corrected chi connectivity index (χ0v) is 11.9. The SMILES string of the molecule is Br.CCCCO.[Ti].[Ti].[Ti]. The molecule has 52 valence electrons. The smallest absolute Gasteiger partial charge is 0.0430 e. The van der Waals surface area contributed by atoms with Crippen LogP contribution < -0.4 is 0 Å². The fourth-order valence-corrected chi connectivity index (χ4v) is 0.158. The number of unbranched alkanes of at least 4 members (excludes halogenated alkanes) is 1. The topological polar surface area (TPSA) is 20.2 Å². The van der Waals surface area contributed by atoms with Gasteiger partial charge in [0.25, 0.3) is 0 Å². The Morgan fingerprint density at radius 3 is 1.44 bits per heavy atom. The third-order valence-electron chi connectivity index (χ3n) is 0.512. The molecule has 1 N–H and O–H groups in total. The zero-order chi connectivity index (χ0) is 4.12. The van der Waals surface area contributed by atoms with Crippen molar-refractivity contribution in [3.05, 3.63) is 0 Å². The van der Waals surface area contributed by atoms with Crippen molar-refractivity contribution >= 4 is 17.0 Å². The molecule has 0 aromatic rings. The van der Waals surface area contributed by atoms with E-state index in [1.54, 1.807) is 0 Å². The minimum Gasteiger partial charge on any atom is -0.396 e. The van der Waals surface area contributed by atoms with Crippen molar-refractivity contribution in [1.82, 2.24) is 0 Å². The van der Waals surface area contributed by atoms with Gasteiger partial charge in [-0.2, -0.15) is 0 Å². The fourth-order valence-electron chi connectivity index (χ4n) is 0.158. The van der Waals surface area contributed by atoms with Crippen molar-refractivity contribution in [3.63, 3.8) is 0 Å². The van der Waals surface area contributed by atoms with Gasteiger partial charge in [-0.05, 0) is 6.42 Å². The van der Waals surface area contributed by atoms with Gasteiger partial charge in [0.15, 0.2) is 0 Å². The van der Waals surface area contributed by atoms with Crippen molar-refractivity contribution in [2.75, 3.05) is 6.61 Å². The van der Waals surface area contributed by atoms with Crippen LogP contribution in [0.2, 0.25) is 0 Å². The maximum atomic E-state index is 8.07. The van der Waals surface area contributed by atoms with Gasteiger partial charge in [0, 0.05) is 71.8 Å². The number of halogens is 1. The van der Waals surface area contributed by atoms with Gasteiger partial charge in [-0.25, -0.2) is 0 Å². The molecule has 0 aromatic heterocycles. The number of hydrogen-bond acceptors (Lipinski definition) is 1. The van der Waals surface area contributed by atoms with Gasteiger partial charge in [0.2, 0.25) is 0 Å². The number of aliphatic hydroxyl groups excluding tert-OH is 1. The van der Waals surface area contributed by atoms with E-state index < -0.39 is 0 Å². The van der Waals surface area contributed by atoms with Crippen molar-refractivity contribution in [3.8, 4) is 0 Å². The zero-order valence-electron chi connectivity index (χ0n) is 5.48. The Morgan fingerprint density at radius 2 is 1.44 bits per heavy atom. The second-order valence-corrected chi connectivity index (χ2v) is 1.08. The summed E-state index contributed by atoms with van der Waals surface area (Å²) in [7, 11) is 0. The third-order valence-corrected chi connectivity index (χ3v) is 0.512. The normalized spacial score (nSPS) is 4.67. The van der Waals surface area contributed by atoms with E-state index in [4.69, 9.17) is 5.11 Å². The minimum atomic E-state index is 0. The summed E-state index contributed by atoms with van der Waals surface area (Å²) < 4.78 is 0. The molecule has 0 fully saturated rings. The van der Waals surface area contributed by atoms with Crippen molar-refractivity contribution in [1.29, 1.82) is 0 Å². The first-order valence-corrected chi connectivity index (χ1v) is 2.02. The fraction of sp³-hybridized carbons (Fsp3) is 1.00. The van der Waals surface area contributed by atoms with Crippen LogP contribution in [0.1, 0.15) is 19.8 Å². The van der Waals surface area contributed by atoms with E-state index in [0.29, 0.717) is 6.61 Å². The molecule has 0 saturated carbocycles. The molecule has 0 radical (unpaired) electrons. The van der Waals surface area contributed by atoms with Crippen LogP contribution >= 0.6 is 17.0 Å².